The van der Waals surface area contributed by atoms with E-state index >= 15 is 0 Å². The van der Waals surface area contributed by atoms with Crippen molar-refractivity contribution in [2.75, 3.05) is 33.2 Å². The second-order valence-corrected chi connectivity index (χ2v) is 6.70. The minimum atomic E-state index is -0.0000406. The Morgan fingerprint density at radius 2 is 2.12 bits per heavy atom. The molecule has 0 unspecified atom stereocenters. The van der Waals surface area contributed by atoms with Gasteiger partial charge in [0.2, 0.25) is 0 Å². The number of likely N-dealkylation sites (N-methyl/N-ethyl adjacent to an activating group) is 1. The van der Waals surface area contributed by atoms with E-state index in [1.54, 1.807) is 6.26 Å². The molecule has 2 N–H and O–H groups in total. The number of rotatable bonds is 3. The molecule has 0 saturated carbocycles. The molecular weight excluding hydrogens is 328 g/mol. The molecule has 2 aromatic heterocycles. The first-order valence-electron chi connectivity index (χ1n) is 8.80. The van der Waals surface area contributed by atoms with Gasteiger partial charge < -0.3 is 20.0 Å². The molecule has 3 heterocycles. The van der Waals surface area contributed by atoms with Crippen LogP contribution >= 0.6 is 0 Å². The fourth-order valence-electron chi connectivity index (χ4n) is 3.54. The number of nitrogens with two attached hydrogens (primary N) is 1. The van der Waals surface area contributed by atoms with Crippen LogP contribution in [0.25, 0.3) is 22.4 Å². The van der Waals surface area contributed by atoms with Gasteiger partial charge in [-0.1, -0.05) is 18.2 Å². The van der Waals surface area contributed by atoms with Gasteiger partial charge in [-0.2, -0.15) is 0 Å². The molecule has 3 aromatic rings. The Bertz CT molecular complexity index is 923. The van der Waals surface area contributed by atoms with Crippen LogP contribution < -0.4 is 5.73 Å². The van der Waals surface area contributed by atoms with Crippen molar-refractivity contribution in [3.05, 3.63) is 54.3 Å². The van der Waals surface area contributed by atoms with Crippen LogP contribution in [0.15, 0.2) is 53.1 Å². The second-order valence-electron chi connectivity index (χ2n) is 6.70. The first-order valence-corrected chi connectivity index (χ1v) is 8.80. The summed E-state index contributed by atoms with van der Waals surface area (Å²) in [6.45, 7) is 2.75. The van der Waals surface area contributed by atoms with Gasteiger partial charge in [0, 0.05) is 31.6 Å². The number of fused-ring (bicyclic) bond motifs is 1. The fraction of sp³-hybridized carbons (Fsp3) is 0.300. The molecule has 1 aromatic carbocycles. The number of aromatic nitrogens is 1. The predicted octanol–water partition coefficient (Wildman–Crippen LogP) is 2.21. The number of carbonyl (C=O) groups is 1. The summed E-state index contributed by atoms with van der Waals surface area (Å²) in [6.07, 6.45) is 1.61. The molecule has 26 heavy (non-hydrogen) atoms. The van der Waals surface area contributed by atoms with E-state index in [1.807, 2.05) is 47.4 Å². The monoisotopic (exact) mass is 350 g/mol. The largest absolute Gasteiger partial charge is 0.463 e. The van der Waals surface area contributed by atoms with Crippen LogP contribution in [0.5, 0.6) is 0 Å². The van der Waals surface area contributed by atoms with Crippen molar-refractivity contribution in [1.82, 2.24) is 14.8 Å². The van der Waals surface area contributed by atoms with E-state index in [0.29, 0.717) is 30.1 Å². The van der Waals surface area contributed by atoms with E-state index in [2.05, 4.69) is 16.9 Å². The highest BCUT2D eigenvalue weighted by atomic mass is 16.3. The van der Waals surface area contributed by atoms with Crippen molar-refractivity contribution >= 4 is 16.8 Å². The lowest BCUT2D eigenvalue weighted by Gasteiger charge is -2.39. The van der Waals surface area contributed by atoms with E-state index in [-0.39, 0.29) is 11.9 Å². The van der Waals surface area contributed by atoms with Gasteiger partial charge in [-0.3, -0.25) is 4.79 Å². The number of piperazine rings is 1. The zero-order chi connectivity index (χ0) is 18.1. The second kappa shape index (κ2) is 6.90. The highest BCUT2D eigenvalue weighted by Crippen LogP contribution is 2.27. The first-order chi connectivity index (χ1) is 12.7. The zero-order valence-corrected chi connectivity index (χ0v) is 14.8. The van der Waals surface area contributed by atoms with Gasteiger partial charge in [0.15, 0.2) is 5.76 Å². The van der Waals surface area contributed by atoms with Gasteiger partial charge in [0.25, 0.3) is 5.91 Å². The molecule has 1 aliphatic rings. The van der Waals surface area contributed by atoms with Crippen molar-refractivity contribution in [2.45, 2.75) is 6.04 Å². The number of pyridine rings is 1. The molecule has 1 atom stereocenters. The molecule has 4 rings (SSSR count). The molecule has 134 valence electrons. The fourth-order valence-corrected chi connectivity index (χ4v) is 3.54. The molecule has 0 spiro atoms. The molecule has 0 radical (unpaired) electrons. The van der Waals surface area contributed by atoms with E-state index in [0.717, 1.165) is 24.0 Å². The van der Waals surface area contributed by atoms with Crippen LogP contribution in [0.2, 0.25) is 0 Å². The summed E-state index contributed by atoms with van der Waals surface area (Å²) in [4.78, 5) is 22.2. The van der Waals surface area contributed by atoms with Crippen molar-refractivity contribution in [1.29, 1.82) is 0 Å². The molecular formula is C20H22N4O2. The summed E-state index contributed by atoms with van der Waals surface area (Å²) in [5, 5.41) is 0.850. The lowest BCUT2D eigenvalue weighted by molar-refractivity contribution is 0.0518. The maximum Gasteiger partial charge on any atom is 0.255 e. The van der Waals surface area contributed by atoms with Crippen molar-refractivity contribution in [3.8, 4) is 11.5 Å². The van der Waals surface area contributed by atoms with Gasteiger partial charge in [-0.25, -0.2) is 4.98 Å². The minimum Gasteiger partial charge on any atom is -0.463 e. The van der Waals surface area contributed by atoms with Gasteiger partial charge in [-0.15, -0.1) is 0 Å². The maximum absolute atomic E-state index is 13.4. The standard InChI is InChI=1S/C20H22N4O2/c1-23-8-9-24(14(12-21)13-23)20(25)16-11-18(19-7-4-10-26-19)22-17-6-3-2-5-15(16)17/h2-7,10-11,14H,8-9,12-13,21H2,1H3/t14-/m0/s1. The molecule has 6 heteroatoms. The van der Waals surface area contributed by atoms with Gasteiger partial charge in [0.05, 0.1) is 23.4 Å². The normalized spacial score (nSPS) is 18.4. The van der Waals surface area contributed by atoms with Crippen LogP contribution in [-0.4, -0.2) is 60.0 Å². The smallest absolute Gasteiger partial charge is 0.255 e. The van der Waals surface area contributed by atoms with Crippen LogP contribution in [0.4, 0.5) is 0 Å². The minimum absolute atomic E-state index is 0.0000406. The highest BCUT2D eigenvalue weighted by Gasteiger charge is 2.30. The molecule has 1 saturated heterocycles. The molecule has 0 bridgehead atoms. The van der Waals surface area contributed by atoms with E-state index in [4.69, 9.17) is 10.2 Å². The Balaban J connectivity index is 1.80. The molecule has 1 fully saturated rings. The van der Waals surface area contributed by atoms with E-state index in [1.165, 1.54) is 0 Å². The number of carbonyl (C=O) groups excluding carboxylic acids is 1. The van der Waals surface area contributed by atoms with E-state index < -0.39 is 0 Å². The van der Waals surface area contributed by atoms with Crippen molar-refractivity contribution in [2.24, 2.45) is 5.73 Å². The Hall–Kier alpha value is -2.70. The van der Waals surface area contributed by atoms with Crippen LogP contribution in [0.3, 0.4) is 0 Å². The van der Waals surface area contributed by atoms with Crippen LogP contribution in [-0.2, 0) is 0 Å². The van der Waals surface area contributed by atoms with Crippen molar-refractivity contribution < 1.29 is 9.21 Å². The first kappa shape index (κ1) is 16.8. The van der Waals surface area contributed by atoms with Gasteiger partial charge in [0.1, 0.15) is 5.69 Å². The number of furan rings is 1. The molecule has 0 aliphatic carbocycles. The quantitative estimate of drug-likeness (QED) is 0.784. The number of hydrogen-bond donors (Lipinski definition) is 1. The Morgan fingerprint density at radius 1 is 1.27 bits per heavy atom. The Labute approximate surface area is 152 Å². The maximum atomic E-state index is 13.4. The van der Waals surface area contributed by atoms with Crippen molar-refractivity contribution in [3.63, 3.8) is 0 Å². The van der Waals surface area contributed by atoms with Crippen LogP contribution in [0.1, 0.15) is 10.4 Å². The lowest BCUT2D eigenvalue weighted by Crippen LogP contribution is -2.56. The highest BCUT2D eigenvalue weighted by molar-refractivity contribution is 6.07. The number of para-hydroxylation sites is 1. The lowest BCUT2D eigenvalue weighted by atomic mass is 10.0. The third-order valence-electron chi connectivity index (χ3n) is 4.94. The summed E-state index contributed by atoms with van der Waals surface area (Å²) >= 11 is 0. The third-order valence-corrected chi connectivity index (χ3v) is 4.94. The Morgan fingerprint density at radius 3 is 2.88 bits per heavy atom. The number of amides is 1. The zero-order valence-electron chi connectivity index (χ0n) is 14.8. The van der Waals surface area contributed by atoms with E-state index in [9.17, 15) is 4.79 Å². The van der Waals surface area contributed by atoms with Gasteiger partial charge in [-0.05, 0) is 31.3 Å². The SMILES string of the molecule is CN1CCN(C(=O)c2cc(-c3ccco3)nc3ccccc23)[C@@H](CN)C1. The summed E-state index contributed by atoms with van der Waals surface area (Å²) in [7, 11) is 2.06. The molecule has 1 amide bonds. The summed E-state index contributed by atoms with van der Waals surface area (Å²) in [5.74, 6) is 0.651. The average molecular weight is 350 g/mol. The summed E-state index contributed by atoms with van der Waals surface area (Å²) < 4.78 is 5.49. The topological polar surface area (TPSA) is 75.6 Å². The number of nitrogens with zero attached hydrogens (tertiary/aromatic N) is 3. The average Bonchev–Trinajstić information content (AvgIpc) is 3.21. The summed E-state index contributed by atoms with van der Waals surface area (Å²) in [6, 6.07) is 13.2. The third kappa shape index (κ3) is 2.98. The van der Waals surface area contributed by atoms with Gasteiger partial charge >= 0.3 is 0 Å². The number of hydrogen-bond acceptors (Lipinski definition) is 5. The molecule has 6 nitrogen and oxygen atoms in total. The van der Waals surface area contributed by atoms with Crippen LogP contribution in [0, 0.1) is 0 Å². The Kier molecular flexibility index (Phi) is 4.44. The predicted molar refractivity (Wildman–Crippen MR) is 101 cm³/mol. The molecule has 1 aliphatic heterocycles. The number of benzene rings is 1. The summed E-state index contributed by atoms with van der Waals surface area (Å²) in [5.41, 5.74) is 8.03.